The molecule has 12 nitrogen and oxygen atoms in total. The van der Waals surface area contributed by atoms with Gasteiger partial charge in [-0.25, -0.2) is 9.78 Å². The van der Waals surface area contributed by atoms with E-state index in [0.29, 0.717) is 18.5 Å². The van der Waals surface area contributed by atoms with Gasteiger partial charge in [-0.1, -0.05) is 13.8 Å². The standard InChI is InChI=1S/C18H32N8O4/c1-10(2)6-12(19)15(27)25-13(4-3-5-23-18(20)21)16(28)26-14(17(29)30)7-11-8-22-9-24-11/h8-10,12-14H,3-7,19H2,1-2H3,(H,22,24)(H,25,27)(H,26,28)(H,29,30)(H4,20,21,23)/t12-,13-,14-/m0/s1. The number of hydrogen-bond acceptors (Lipinski definition) is 6. The summed E-state index contributed by atoms with van der Waals surface area (Å²) in [5, 5.41) is 14.5. The van der Waals surface area contributed by atoms with Crippen LogP contribution in [0.4, 0.5) is 0 Å². The van der Waals surface area contributed by atoms with E-state index >= 15 is 0 Å². The van der Waals surface area contributed by atoms with Gasteiger partial charge in [0.25, 0.3) is 0 Å². The van der Waals surface area contributed by atoms with Crippen molar-refractivity contribution in [1.82, 2.24) is 20.6 Å². The Balaban J connectivity index is 2.83. The summed E-state index contributed by atoms with van der Waals surface area (Å²) in [5.74, 6) is -2.20. The Morgan fingerprint density at radius 2 is 1.87 bits per heavy atom. The van der Waals surface area contributed by atoms with Crippen LogP contribution in [0.15, 0.2) is 17.5 Å². The second-order valence-corrected chi connectivity index (χ2v) is 7.43. The number of nitrogens with two attached hydrogens (primary N) is 3. The largest absolute Gasteiger partial charge is 0.480 e. The lowest BCUT2D eigenvalue weighted by atomic mass is 10.0. The summed E-state index contributed by atoms with van der Waals surface area (Å²) in [6, 6.07) is -2.95. The lowest BCUT2D eigenvalue weighted by Crippen LogP contribution is -2.55. The number of carbonyl (C=O) groups excluding carboxylic acids is 2. The Labute approximate surface area is 175 Å². The predicted molar refractivity (Wildman–Crippen MR) is 111 cm³/mol. The molecular formula is C18H32N8O4. The van der Waals surface area contributed by atoms with E-state index in [4.69, 9.17) is 17.2 Å². The van der Waals surface area contributed by atoms with Crippen LogP contribution in [0, 0.1) is 5.92 Å². The molecule has 3 atom stereocenters. The maximum atomic E-state index is 12.8. The lowest BCUT2D eigenvalue weighted by Gasteiger charge is -2.23. The van der Waals surface area contributed by atoms with Gasteiger partial charge in [-0.3, -0.25) is 14.6 Å². The highest BCUT2D eigenvalue weighted by Gasteiger charge is 2.28. The topological polar surface area (TPSA) is 215 Å². The highest BCUT2D eigenvalue weighted by molar-refractivity contribution is 5.91. The molecule has 0 spiro atoms. The number of nitrogens with one attached hydrogen (secondary N) is 3. The number of H-pyrrole nitrogens is 1. The van der Waals surface area contributed by atoms with Crippen LogP contribution in [0.5, 0.6) is 0 Å². The van der Waals surface area contributed by atoms with Crippen LogP contribution in [0.1, 0.15) is 38.8 Å². The first-order valence-corrected chi connectivity index (χ1v) is 9.71. The maximum absolute atomic E-state index is 12.8. The molecule has 0 saturated carbocycles. The third-order valence-electron chi connectivity index (χ3n) is 4.23. The first-order valence-electron chi connectivity index (χ1n) is 9.71. The second kappa shape index (κ2) is 12.4. The number of aromatic amines is 1. The molecule has 0 aliphatic heterocycles. The van der Waals surface area contributed by atoms with E-state index < -0.39 is 35.9 Å². The number of aliphatic imine (C=N–C) groups is 1. The second-order valence-electron chi connectivity index (χ2n) is 7.43. The van der Waals surface area contributed by atoms with Crippen molar-refractivity contribution in [3.8, 4) is 0 Å². The predicted octanol–water partition coefficient (Wildman–Crippen LogP) is -1.57. The number of nitrogens with zero attached hydrogens (tertiary/aromatic N) is 2. The van der Waals surface area contributed by atoms with E-state index in [1.807, 2.05) is 13.8 Å². The van der Waals surface area contributed by atoms with Crippen molar-refractivity contribution in [2.45, 2.75) is 57.7 Å². The monoisotopic (exact) mass is 424 g/mol. The van der Waals surface area contributed by atoms with Crippen LogP contribution in [0.2, 0.25) is 0 Å². The van der Waals surface area contributed by atoms with Crippen LogP contribution in [-0.2, 0) is 20.8 Å². The summed E-state index contributed by atoms with van der Waals surface area (Å²) in [7, 11) is 0. The van der Waals surface area contributed by atoms with Crippen molar-refractivity contribution in [1.29, 1.82) is 0 Å². The SMILES string of the molecule is CC(C)C[C@H](N)C(=O)N[C@@H](CCCN=C(N)N)C(=O)N[C@@H](Cc1cnc[nH]1)C(=O)O. The van der Waals surface area contributed by atoms with Crippen LogP contribution in [0.25, 0.3) is 0 Å². The number of amides is 2. The summed E-state index contributed by atoms with van der Waals surface area (Å²) >= 11 is 0. The van der Waals surface area contributed by atoms with Gasteiger partial charge in [-0.05, 0) is 25.2 Å². The van der Waals surface area contributed by atoms with Crippen molar-refractivity contribution in [2.75, 3.05) is 6.54 Å². The quantitative estimate of drug-likeness (QED) is 0.111. The molecule has 12 heteroatoms. The van der Waals surface area contributed by atoms with E-state index in [1.165, 1.54) is 12.5 Å². The van der Waals surface area contributed by atoms with Crippen molar-refractivity contribution >= 4 is 23.7 Å². The molecule has 1 aromatic heterocycles. The number of carboxylic acids is 1. The number of carbonyl (C=O) groups is 3. The number of carboxylic acid groups (broad SMARTS) is 1. The molecule has 1 rings (SSSR count). The molecular weight excluding hydrogens is 392 g/mol. The molecule has 0 unspecified atom stereocenters. The molecule has 2 amide bonds. The molecule has 0 bridgehead atoms. The van der Waals surface area contributed by atoms with E-state index in [1.54, 1.807) is 0 Å². The average Bonchev–Trinajstić information content (AvgIpc) is 3.15. The number of rotatable bonds is 13. The maximum Gasteiger partial charge on any atom is 0.326 e. The van der Waals surface area contributed by atoms with Gasteiger partial charge in [0.2, 0.25) is 11.8 Å². The molecule has 0 radical (unpaired) electrons. The van der Waals surface area contributed by atoms with Gasteiger partial charge in [0.05, 0.1) is 12.4 Å². The number of aromatic nitrogens is 2. The molecule has 168 valence electrons. The van der Waals surface area contributed by atoms with E-state index in [2.05, 4.69) is 25.6 Å². The lowest BCUT2D eigenvalue weighted by molar-refractivity contribution is -0.142. The third kappa shape index (κ3) is 9.37. The van der Waals surface area contributed by atoms with Gasteiger partial charge >= 0.3 is 5.97 Å². The van der Waals surface area contributed by atoms with Crippen LogP contribution in [-0.4, -0.2) is 63.5 Å². The van der Waals surface area contributed by atoms with E-state index in [0.717, 1.165) is 0 Å². The minimum absolute atomic E-state index is 0.0165. The molecule has 0 aliphatic carbocycles. The van der Waals surface area contributed by atoms with Crippen molar-refractivity contribution in [2.24, 2.45) is 28.1 Å². The summed E-state index contributed by atoms with van der Waals surface area (Å²) in [6.45, 7) is 4.12. The average molecular weight is 425 g/mol. The molecule has 0 fully saturated rings. The highest BCUT2D eigenvalue weighted by Crippen LogP contribution is 2.06. The molecule has 0 aliphatic rings. The van der Waals surface area contributed by atoms with Gasteiger partial charge in [0.1, 0.15) is 12.1 Å². The van der Waals surface area contributed by atoms with Gasteiger partial charge in [0, 0.05) is 24.9 Å². The fourth-order valence-electron chi connectivity index (χ4n) is 2.75. The van der Waals surface area contributed by atoms with Crippen LogP contribution in [0.3, 0.4) is 0 Å². The number of hydrogen-bond donors (Lipinski definition) is 7. The van der Waals surface area contributed by atoms with E-state index in [9.17, 15) is 19.5 Å². The summed E-state index contributed by atoms with van der Waals surface area (Å²) in [6.07, 6.45) is 3.96. The molecule has 1 heterocycles. The molecule has 10 N–H and O–H groups in total. The highest BCUT2D eigenvalue weighted by atomic mass is 16.4. The first-order chi connectivity index (χ1) is 14.1. The molecule has 1 aromatic rings. The summed E-state index contributed by atoms with van der Waals surface area (Å²) < 4.78 is 0. The number of guanidine groups is 1. The smallest absolute Gasteiger partial charge is 0.326 e. The minimum Gasteiger partial charge on any atom is -0.480 e. The van der Waals surface area contributed by atoms with Crippen molar-refractivity contribution in [3.05, 3.63) is 18.2 Å². The van der Waals surface area contributed by atoms with Gasteiger partial charge in [-0.15, -0.1) is 0 Å². The van der Waals surface area contributed by atoms with Crippen molar-refractivity contribution in [3.63, 3.8) is 0 Å². The fourth-order valence-corrected chi connectivity index (χ4v) is 2.75. The number of imidazole rings is 1. The molecule has 0 aromatic carbocycles. The molecule has 30 heavy (non-hydrogen) atoms. The fraction of sp³-hybridized carbons (Fsp3) is 0.611. The molecule has 0 saturated heterocycles. The zero-order valence-corrected chi connectivity index (χ0v) is 17.3. The Hall–Kier alpha value is -3.15. The van der Waals surface area contributed by atoms with Gasteiger partial charge in [0.15, 0.2) is 5.96 Å². The third-order valence-corrected chi connectivity index (χ3v) is 4.23. The van der Waals surface area contributed by atoms with Gasteiger partial charge < -0.3 is 37.9 Å². The normalized spacial score (nSPS) is 13.9. The first kappa shape index (κ1) is 24.9. The van der Waals surface area contributed by atoms with Gasteiger partial charge in [-0.2, -0.15) is 0 Å². The zero-order chi connectivity index (χ0) is 22.7. The van der Waals surface area contributed by atoms with Crippen LogP contribution < -0.4 is 27.8 Å². The Kier molecular flexibility index (Phi) is 10.3. The Morgan fingerprint density at radius 3 is 2.40 bits per heavy atom. The summed E-state index contributed by atoms with van der Waals surface area (Å²) in [5.41, 5.74) is 17.0. The minimum atomic E-state index is -1.21. The number of aliphatic carboxylic acids is 1. The van der Waals surface area contributed by atoms with Crippen LogP contribution >= 0.6 is 0 Å². The summed E-state index contributed by atoms with van der Waals surface area (Å²) in [4.78, 5) is 47.2. The Bertz CT molecular complexity index is 716. The van der Waals surface area contributed by atoms with Crippen molar-refractivity contribution < 1.29 is 19.5 Å². The van der Waals surface area contributed by atoms with E-state index in [-0.39, 0.29) is 31.3 Å². The Morgan fingerprint density at radius 1 is 1.20 bits per heavy atom. The zero-order valence-electron chi connectivity index (χ0n) is 17.3.